The molecule has 6 N–H and O–H groups in total. The highest BCUT2D eigenvalue weighted by Gasteiger charge is 2.31. The van der Waals surface area contributed by atoms with Crippen molar-refractivity contribution in [3.63, 3.8) is 0 Å². The highest BCUT2D eigenvalue weighted by atomic mass is 32.1. The van der Waals surface area contributed by atoms with E-state index in [2.05, 4.69) is 39.2 Å². The van der Waals surface area contributed by atoms with Gasteiger partial charge in [0.25, 0.3) is 0 Å². The maximum absolute atomic E-state index is 13.4. The zero-order valence-corrected chi connectivity index (χ0v) is 21.7. The van der Waals surface area contributed by atoms with Gasteiger partial charge in [-0.25, -0.2) is 0 Å². The second-order valence-electron chi connectivity index (χ2n) is 8.93. The number of hydrogen-bond donors (Lipinski definition) is 7. The molecule has 3 rings (SSSR count). The lowest BCUT2D eigenvalue weighted by molar-refractivity contribution is -0.133. The van der Waals surface area contributed by atoms with Crippen molar-refractivity contribution in [1.82, 2.24) is 26.6 Å². The van der Waals surface area contributed by atoms with E-state index in [9.17, 15) is 29.1 Å². The Kier molecular flexibility index (Phi) is 10.1. The normalized spacial score (nSPS) is 23.6. The van der Waals surface area contributed by atoms with Crippen molar-refractivity contribution >= 4 is 42.2 Å². The van der Waals surface area contributed by atoms with Crippen LogP contribution in [-0.2, 0) is 36.8 Å². The summed E-state index contributed by atoms with van der Waals surface area (Å²) in [6.07, 6.45) is 0.177. The van der Waals surface area contributed by atoms with E-state index in [-0.39, 0.29) is 24.3 Å². The molecule has 202 valence electrons. The van der Waals surface area contributed by atoms with Crippen LogP contribution in [0.3, 0.4) is 0 Å². The lowest BCUT2D eigenvalue weighted by Gasteiger charge is -2.25. The number of hydrogen-bond acceptors (Lipinski definition) is 7. The second-order valence-corrected chi connectivity index (χ2v) is 9.30. The van der Waals surface area contributed by atoms with Crippen molar-refractivity contribution in [2.45, 2.75) is 43.9 Å². The fourth-order valence-electron chi connectivity index (χ4n) is 3.82. The van der Waals surface area contributed by atoms with Gasteiger partial charge in [-0.3, -0.25) is 24.0 Å². The Bertz CT molecular complexity index is 1160. The van der Waals surface area contributed by atoms with Gasteiger partial charge in [0.1, 0.15) is 29.9 Å². The quantitative estimate of drug-likeness (QED) is 0.245. The smallest absolute Gasteiger partial charge is 0.244 e. The van der Waals surface area contributed by atoms with Crippen LogP contribution in [0.4, 0.5) is 0 Å². The largest absolute Gasteiger partial charge is 0.508 e. The molecule has 38 heavy (non-hydrogen) atoms. The number of amides is 5. The molecule has 0 aliphatic carbocycles. The minimum absolute atomic E-state index is 0.0408. The van der Waals surface area contributed by atoms with Crippen molar-refractivity contribution in [3.05, 3.63) is 65.7 Å². The van der Waals surface area contributed by atoms with Gasteiger partial charge >= 0.3 is 0 Å². The molecule has 0 radical (unpaired) electrons. The highest BCUT2D eigenvalue weighted by molar-refractivity contribution is 7.80. The van der Waals surface area contributed by atoms with Gasteiger partial charge in [0, 0.05) is 18.6 Å². The van der Waals surface area contributed by atoms with Gasteiger partial charge in [-0.05, 0) is 30.2 Å². The molecule has 0 spiro atoms. The van der Waals surface area contributed by atoms with Gasteiger partial charge in [-0.1, -0.05) is 42.5 Å². The van der Waals surface area contributed by atoms with Crippen LogP contribution in [-0.4, -0.2) is 71.1 Å². The predicted octanol–water partition coefficient (Wildman–Crippen LogP) is -0.804. The molecule has 12 heteroatoms. The fourth-order valence-corrected chi connectivity index (χ4v) is 4.08. The molecule has 5 amide bonds. The van der Waals surface area contributed by atoms with Crippen LogP contribution in [0, 0.1) is 0 Å². The molecule has 0 saturated carbocycles. The van der Waals surface area contributed by atoms with Gasteiger partial charge < -0.3 is 31.7 Å². The number of carbonyl (C=O) groups excluding carboxylic acids is 5. The molecule has 0 unspecified atom stereocenters. The average Bonchev–Trinajstić information content (AvgIpc) is 2.90. The predicted molar refractivity (Wildman–Crippen MR) is 142 cm³/mol. The number of nitrogens with one attached hydrogen (secondary N) is 5. The molecule has 11 nitrogen and oxygen atoms in total. The first-order valence-corrected chi connectivity index (χ1v) is 12.7. The summed E-state index contributed by atoms with van der Waals surface area (Å²) in [5.41, 5.74) is 1.41. The maximum Gasteiger partial charge on any atom is 0.244 e. The number of rotatable bonds is 5. The van der Waals surface area contributed by atoms with Gasteiger partial charge in [-0.15, -0.1) is 0 Å². The van der Waals surface area contributed by atoms with E-state index in [0.717, 1.165) is 5.56 Å². The van der Waals surface area contributed by atoms with Crippen LogP contribution >= 0.6 is 12.6 Å². The van der Waals surface area contributed by atoms with Crippen molar-refractivity contribution in [3.8, 4) is 5.75 Å². The molecule has 1 saturated heterocycles. The second kappa shape index (κ2) is 13.5. The Morgan fingerprint density at radius 2 is 1.24 bits per heavy atom. The SMILES string of the molecule is C[C@@H]1NC(=O)[C@H](CS)NC(=O)[C@H](Cc2ccc(O)cc2)NC(=O)[C@H](Cc2ccccc2)NC(=O)CNC1=O. The van der Waals surface area contributed by atoms with Crippen LogP contribution in [0.25, 0.3) is 0 Å². The fraction of sp³-hybridized carbons (Fsp3) is 0.346. The van der Waals surface area contributed by atoms with E-state index in [1.807, 2.05) is 6.07 Å². The molecule has 1 aliphatic heterocycles. The summed E-state index contributed by atoms with van der Waals surface area (Å²) < 4.78 is 0. The van der Waals surface area contributed by atoms with Crippen molar-refractivity contribution < 1.29 is 29.1 Å². The summed E-state index contributed by atoms with van der Waals surface area (Å²) in [5, 5.41) is 22.4. The standard InChI is InChI=1S/C26H31N5O6S/c1-15-23(34)27-13-22(33)29-19(11-16-5-3-2-4-6-16)24(35)30-20(12-17-7-9-18(32)10-8-17)25(36)31-21(14-38)26(37)28-15/h2-10,15,19-21,32,38H,11-14H2,1H3,(H,27,34)(H,28,37)(H,29,33)(H,30,35)(H,31,36)/t15-,19-,20-,21-/m0/s1. The minimum Gasteiger partial charge on any atom is -0.508 e. The third-order valence-electron chi connectivity index (χ3n) is 5.93. The Morgan fingerprint density at radius 3 is 1.84 bits per heavy atom. The van der Waals surface area contributed by atoms with Crippen molar-refractivity contribution in [2.75, 3.05) is 12.3 Å². The third kappa shape index (κ3) is 8.23. The van der Waals surface area contributed by atoms with E-state index < -0.39 is 60.2 Å². The molecule has 1 fully saturated rings. The van der Waals surface area contributed by atoms with Crippen LogP contribution in [0.1, 0.15) is 18.1 Å². The Balaban J connectivity index is 1.93. The maximum atomic E-state index is 13.4. The first kappa shape index (κ1) is 28.5. The highest BCUT2D eigenvalue weighted by Crippen LogP contribution is 2.12. The number of phenols is 1. The molecule has 0 bridgehead atoms. The summed E-state index contributed by atoms with van der Waals surface area (Å²) in [5.74, 6) is -3.17. The van der Waals surface area contributed by atoms with Gasteiger partial charge in [0.2, 0.25) is 29.5 Å². The Morgan fingerprint density at radius 1 is 0.711 bits per heavy atom. The van der Waals surface area contributed by atoms with Crippen LogP contribution in [0.2, 0.25) is 0 Å². The number of phenolic OH excluding ortho intramolecular Hbond substituents is 1. The number of thiol groups is 1. The summed E-state index contributed by atoms with van der Waals surface area (Å²) in [7, 11) is 0. The summed E-state index contributed by atoms with van der Waals surface area (Å²) in [6.45, 7) is 1.03. The third-order valence-corrected chi connectivity index (χ3v) is 6.30. The number of carbonyl (C=O) groups is 5. The van der Waals surface area contributed by atoms with E-state index >= 15 is 0 Å². The van der Waals surface area contributed by atoms with E-state index in [1.165, 1.54) is 19.1 Å². The molecule has 0 aromatic heterocycles. The monoisotopic (exact) mass is 541 g/mol. The molecular weight excluding hydrogens is 510 g/mol. The van der Waals surface area contributed by atoms with Crippen molar-refractivity contribution in [2.24, 2.45) is 0 Å². The van der Waals surface area contributed by atoms with Crippen LogP contribution < -0.4 is 26.6 Å². The molecule has 2 aromatic rings. The number of aromatic hydroxyl groups is 1. The topological polar surface area (TPSA) is 166 Å². The summed E-state index contributed by atoms with van der Waals surface area (Å²) in [4.78, 5) is 64.5. The average molecular weight is 542 g/mol. The van der Waals surface area contributed by atoms with Crippen LogP contribution in [0.15, 0.2) is 54.6 Å². The lowest BCUT2D eigenvalue weighted by Crippen LogP contribution is -2.58. The first-order chi connectivity index (χ1) is 18.2. The Hall–Kier alpha value is -4.06. The van der Waals surface area contributed by atoms with E-state index in [4.69, 9.17) is 0 Å². The molecular formula is C26H31N5O6S. The molecule has 4 atom stereocenters. The first-order valence-electron chi connectivity index (χ1n) is 12.1. The molecule has 1 aliphatic rings. The van der Waals surface area contributed by atoms with Gasteiger partial charge in [0.15, 0.2) is 0 Å². The zero-order chi connectivity index (χ0) is 27.7. The van der Waals surface area contributed by atoms with Crippen molar-refractivity contribution in [1.29, 1.82) is 0 Å². The van der Waals surface area contributed by atoms with Gasteiger partial charge in [0.05, 0.1) is 6.54 Å². The summed E-state index contributed by atoms with van der Waals surface area (Å²) in [6, 6.07) is 10.9. The molecule has 1 heterocycles. The van der Waals surface area contributed by atoms with E-state index in [0.29, 0.717) is 5.56 Å². The minimum atomic E-state index is -1.13. The van der Waals surface area contributed by atoms with E-state index in [1.54, 1.807) is 36.4 Å². The molecule has 2 aromatic carbocycles. The summed E-state index contributed by atoms with van der Waals surface area (Å²) >= 11 is 4.16. The van der Waals surface area contributed by atoms with Gasteiger partial charge in [-0.2, -0.15) is 12.6 Å². The Labute approximate surface area is 225 Å². The number of benzene rings is 2. The lowest BCUT2D eigenvalue weighted by atomic mass is 10.0. The van der Waals surface area contributed by atoms with Crippen LogP contribution in [0.5, 0.6) is 5.75 Å². The zero-order valence-electron chi connectivity index (χ0n) is 20.8.